The fraction of sp³-hybridized carbons (Fsp3) is 1.00. The van der Waals surface area contributed by atoms with Gasteiger partial charge < -0.3 is 5.73 Å². The summed E-state index contributed by atoms with van der Waals surface area (Å²) in [5, 5.41) is 0. The number of likely N-dealkylation sites (tertiary alicyclic amines) is 1. The second-order valence-electron chi connectivity index (χ2n) is 3.25. The van der Waals surface area contributed by atoms with Gasteiger partial charge in [0.1, 0.15) is 0 Å². The van der Waals surface area contributed by atoms with Crippen LogP contribution in [0.25, 0.3) is 0 Å². The van der Waals surface area contributed by atoms with Gasteiger partial charge in [-0.1, -0.05) is 0 Å². The fourth-order valence-corrected chi connectivity index (χ4v) is 1.49. The van der Waals surface area contributed by atoms with Gasteiger partial charge in [-0.2, -0.15) is 13.2 Å². The molecule has 0 saturated carbocycles. The normalized spacial score (nSPS) is 23.6. The van der Waals surface area contributed by atoms with Crippen LogP contribution in [0.5, 0.6) is 0 Å². The SMILES string of the molecule is Cl.Cl.N[C@H]1CCCN(CC(F)(F)F)C1. The van der Waals surface area contributed by atoms with Gasteiger partial charge in [-0.3, -0.25) is 4.90 Å². The Labute approximate surface area is 93.8 Å². The number of hydrogen-bond acceptors (Lipinski definition) is 2. The largest absolute Gasteiger partial charge is 0.401 e. The quantitative estimate of drug-likeness (QED) is 0.774. The summed E-state index contributed by atoms with van der Waals surface area (Å²) in [6.07, 6.45) is -2.47. The maximum atomic E-state index is 11.9. The molecule has 1 fully saturated rings. The summed E-state index contributed by atoms with van der Waals surface area (Å²) in [5.41, 5.74) is 5.53. The van der Waals surface area contributed by atoms with Crippen LogP contribution in [0.1, 0.15) is 12.8 Å². The number of piperidine rings is 1. The molecule has 14 heavy (non-hydrogen) atoms. The molecule has 1 heterocycles. The van der Waals surface area contributed by atoms with E-state index in [0.717, 1.165) is 12.8 Å². The predicted octanol–water partition coefficient (Wildman–Crippen LogP) is 1.82. The smallest absolute Gasteiger partial charge is 0.327 e. The summed E-state index contributed by atoms with van der Waals surface area (Å²) in [7, 11) is 0. The van der Waals surface area contributed by atoms with Crippen molar-refractivity contribution in [1.29, 1.82) is 0 Å². The molecule has 1 aliphatic heterocycles. The van der Waals surface area contributed by atoms with Crippen molar-refractivity contribution in [2.24, 2.45) is 5.73 Å². The summed E-state index contributed by atoms with van der Waals surface area (Å²) >= 11 is 0. The van der Waals surface area contributed by atoms with Crippen LogP contribution in [0.3, 0.4) is 0 Å². The molecule has 0 radical (unpaired) electrons. The molecule has 2 N–H and O–H groups in total. The van der Waals surface area contributed by atoms with E-state index in [1.165, 1.54) is 4.90 Å². The van der Waals surface area contributed by atoms with Gasteiger partial charge in [-0.15, -0.1) is 24.8 Å². The van der Waals surface area contributed by atoms with E-state index >= 15 is 0 Å². The van der Waals surface area contributed by atoms with Gasteiger partial charge in [-0.25, -0.2) is 0 Å². The molecular weight excluding hydrogens is 240 g/mol. The summed E-state index contributed by atoms with van der Waals surface area (Å²) in [4.78, 5) is 1.37. The molecular formula is C7H15Cl2F3N2. The van der Waals surface area contributed by atoms with Crippen LogP contribution in [-0.4, -0.2) is 36.8 Å². The third-order valence-corrected chi connectivity index (χ3v) is 1.94. The highest BCUT2D eigenvalue weighted by molar-refractivity contribution is 5.85. The molecule has 2 nitrogen and oxygen atoms in total. The number of nitrogens with two attached hydrogens (primary N) is 1. The van der Waals surface area contributed by atoms with E-state index in [1.54, 1.807) is 0 Å². The van der Waals surface area contributed by atoms with Crippen LogP contribution in [-0.2, 0) is 0 Å². The maximum Gasteiger partial charge on any atom is 0.401 e. The van der Waals surface area contributed by atoms with Crippen LogP contribution in [0.4, 0.5) is 13.2 Å². The molecule has 0 amide bonds. The lowest BCUT2D eigenvalue weighted by molar-refractivity contribution is -0.148. The molecule has 0 spiro atoms. The number of hydrogen-bond donors (Lipinski definition) is 1. The van der Waals surface area contributed by atoms with Gasteiger partial charge in [0, 0.05) is 12.6 Å². The van der Waals surface area contributed by atoms with Gasteiger partial charge in [0.25, 0.3) is 0 Å². The summed E-state index contributed by atoms with van der Waals surface area (Å²) < 4.78 is 35.7. The molecule has 1 saturated heterocycles. The highest BCUT2D eigenvalue weighted by Gasteiger charge is 2.32. The van der Waals surface area contributed by atoms with E-state index in [1.807, 2.05) is 0 Å². The van der Waals surface area contributed by atoms with Gasteiger partial charge in [0.05, 0.1) is 6.54 Å². The molecule has 0 aromatic rings. The third kappa shape index (κ3) is 6.70. The summed E-state index contributed by atoms with van der Waals surface area (Å²) in [5.74, 6) is 0. The minimum Gasteiger partial charge on any atom is -0.327 e. The van der Waals surface area contributed by atoms with Crippen molar-refractivity contribution < 1.29 is 13.2 Å². The highest BCUT2D eigenvalue weighted by atomic mass is 35.5. The second-order valence-corrected chi connectivity index (χ2v) is 3.25. The van der Waals surface area contributed by atoms with Crippen LogP contribution in [0.2, 0.25) is 0 Å². The Morgan fingerprint density at radius 2 is 1.86 bits per heavy atom. The Hall–Kier alpha value is 0.290. The molecule has 7 heteroatoms. The van der Waals surface area contributed by atoms with E-state index in [-0.39, 0.29) is 30.9 Å². The Morgan fingerprint density at radius 1 is 1.29 bits per heavy atom. The first-order valence-corrected chi connectivity index (χ1v) is 4.02. The van der Waals surface area contributed by atoms with Gasteiger partial charge in [-0.05, 0) is 19.4 Å². The predicted molar refractivity (Wildman–Crippen MR) is 54.2 cm³/mol. The summed E-state index contributed by atoms with van der Waals surface area (Å²) in [6, 6.07) is -0.0823. The van der Waals surface area contributed by atoms with E-state index < -0.39 is 12.7 Å². The number of nitrogens with zero attached hydrogens (tertiary/aromatic N) is 1. The number of alkyl halides is 3. The Bertz CT molecular complexity index is 154. The molecule has 0 aromatic heterocycles. The molecule has 0 aliphatic carbocycles. The third-order valence-electron chi connectivity index (χ3n) is 1.94. The molecule has 1 aliphatic rings. The van der Waals surface area contributed by atoms with Crippen molar-refractivity contribution in [2.75, 3.05) is 19.6 Å². The second kappa shape index (κ2) is 6.71. The van der Waals surface area contributed by atoms with Crippen molar-refractivity contribution in [3.05, 3.63) is 0 Å². The van der Waals surface area contributed by atoms with Crippen molar-refractivity contribution in [3.8, 4) is 0 Å². The molecule has 0 unspecified atom stereocenters. The van der Waals surface area contributed by atoms with Crippen molar-refractivity contribution in [3.63, 3.8) is 0 Å². The van der Waals surface area contributed by atoms with Crippen LogP contribution < -0.4 is 5.73 Å². The van der Waals surface area contributed by atoms with E-state index in [2.05, 4.69) is 0 Å². The van der Waals surface area contributed by atoms with E-state index in [9.17, 15) is 13.2 Å². The van der Waals surface area contributed by atoms with Gasteiger partial charge in [0.2, 0.25) is 0 Å². The first kappa shape index (κ1) is 16.7. The lowest BCUT2D eigenvalue weighted by Crippen LogP contribution is -2.46. The van der Waals surface area contributed by atoms with Crippen molar-refractivity contribution in [1.82, 2.24) is 4.90 Å². The first-order valence-electron chi connectivity index (χ1n) is 4.02. The number of rotatable bonds is 1. The van der Waals surface area contributed by atoms with E-state index in [4.69, 9.17) is 5.73 Å². The molecule has 1 rings (SSSR count). The number of halogens is 5. The minimum absolute atomic E-state index is 0. The Balaban J connectivity index is 0. The molecule has 0 bridgehead atoms. The van der Waals surface area contributed by atoms with Gasteiger partial charge in [0.15, 0.2) is 0 Å². The fourth-order valence-electron chi connectivity index (χ4n) is 1.49. The average molecular weight is 255 g/mol. The van der Waals surface area contributed by atoms with Crippen LogP contribution in [0.15, 0.2) is 0 Å². The first-order chi connectivity index (χ1) is 5.47. The van der Waals surface area contributed by atoms with Crippen LogP contribution in [0, 0.1) is 0 Å². The monoisotopic (exact) mass is 254 g/mol. The Kier molecular flexibility index (Phi) is 8.01. The van der Waals surface area contributed by atoms with E-state index in [0.29, 0.717) is 13.1 Å². The van der Waals surface area contributed by atoms with Gasteiger partial charge >= 0.3 is 6.18 Å². The standard InChI is InChI=1S/C7H13F3N2.2ClH/c8-7(9,10)5-12-3-1-2-6(11)4-12;;/h6H,1-5,11H2;2*1H/t6-;;/m0../s1. The Morgan fingerprint density at radius 3 is 2.29 bits per heavy atom. The lowest BCUT2D eigenvalue weighted by Gasteiger charge is -2.30. The molecule has 0 aromatic carbocycles. The summed E-state index contributed by atoms with van der Waals surface area (Å²) in [6.45, 7) is 0.0768. The average Bonchev–Trinajstić information content (AvgIpc) is 1.82. The van der Waals surface area contributed by atoms with Crippen molar-refractivity contribution >= 4 is 24.8 Å². The topological polar surface area (TPSA) is 29.3 Å². The maximum absolute atomic E-state index is 11.9. The zero-order valence-corrected chi connectivity index (χ0v) is 9.22. The zero-order chi connectivity index (χ0) is 9.19. The van der Waals surface area contributed by atoms with Crippen LogP contribution >= 0.6 is 24.8 Å². The molecule has 1 atom stereocenters. The zero-order valence-electron chi connectivity index (χ0n) is 7.59. The minimum atomic E-state index is -4.09. The highest BCUT2D eigenvalue weighted by Crippen LogP contribution is 2.18. The lowest BCUT2D eigenvalue weighted by atomic mass is 10.1. The van der Waals surface area contributed by atoms with Crippen molar-refractivity contribution in [2.45, 2.75) is 25.1 Å². The molecule has 88 valence electrons.